The van der Waals surface area contributed by atoms with Crippen molar-refractivity contribution in [2.45, 2.75) is 32.7 Å². The highest BCUT2D eigenvalue weighted by atomic mass is 16.3. The van der Waals surface area contributed by atoms with Crippen molar-refractivity contribution in [2.24, 2.45) is 5.92 Å². The van der Waals surface area contributed by atoms with E-state index in [0.29, 0.717) is 12.5 Å². The molecular formula is C15H25N3O. The molecule has 1 aliphatic rings. The Kier molecular flexibility index (Phi) is 5.61. The van der Waals surface area contributed by atoms with Gasteiger partial charge in [0.25, 0.3) is 0 Å². The van der Waals surface area contributed by atoms with Gasteiger partial charge in [-0.3, -0.25) is 4.90 Å². The molecule has 2 rings (SSSR count). The number of likely N-dealkylation sites (tertiary alicyclic amines) is 1. The van der Waals surface area contributed by atoms with E-state index in [2.05, 4.69) is 28.2 Å². The highest BCUT2D eigenvalue weighted by Crippen LogP contribution is 2.20. The molecule has 2 heterocycles. The fourth-order valence-corrected chi connectivity index (χ4v) is 2.78. The molecule has 0 amide bonds. The lowest BCUT2D eigenvalue weighted by Gasteiger charge is -2.32. The molecule has 4 heteroatoms. The molecule has 1 aromatic heterocycles. The molecule has 106 valence electrons. The number of nitrogens with one attached hydrogen (secondary N) is 1. The predicted octanol–water partition coefficient (Wildman–Crippen LogP) is 2.11. The predicted molar refractivity (Wildman–Crippen MR) is 78.1 cm³/mol. The lowest BCUT2D eigenvalue weighted by atomic mass is 9.95. The first kappa shape index (κ1) is 14.3. The number of anilines is 1. The molecule has 1 unspecified atom stereocenters. The second kappa shape index (κ2) is 7.46. The molecular weight excluding hydrogens is 238 g/mol. The van der Waals surface area contributed by atoms with Gasteiger partial charge >= 0.3 is 0 Å². The van der Waals surface area contributed by atoms with E-state index in [9.17, 15) is 0 Å². The van der Waals surface area contributed by atoms with Gasteiger partial charge in [0.05, 0.1) is 0 Å². The van der Waals surface area contributed by atoms with Crippen molar-refractivity contribution in [3.8, 4) is 0 Å². The molecule has 2 N–H and O–H groups in total. The van der Waals surface area contributed by atoms with E-state index in [4.69, 9.17) is 5.11 Å². The zero-order valence-electron chi connectivity index (χ0n) is 11.8. The normalized spacial score (nSPS) is 20.4. The summed E-state index contributed by atoms with van der Waals surface area (Å²) < 4.78 is 0. The first-order valence-electron chi connectivity index (χ1n) is 7.34. The van der Waals surface area contributed by atoms with E-state index in [1.165, 1.54) is 18.4 Å². The van der Waals surface area contributed by atoms with E-state index in [0.717, 1.165) is 38.4 Å². The van der Waals surface area contributed by atoms with Crippen molar-refractivity contribution >= 4 is 5.82 Å². The van der Waals surface area contributed by atoms with Gasteiger partial charge in [-0.2, -0.15) is 0 Å². The fourth-order valence-electron chi connectivity index (χ4n) is 2.78. The molecule has 0 aromatic carbocycles. The first-order chi connectivity index (χ1) is 9.31. The van der Waals surface area contributed by atoms with Crippen LogP contribution in [0.2, 0.25) is 0 Å². The number of piperidine rings is 1. The summed E-state index contributed by atoms with van der Waals surface area (Å²) in [6.45, 7) is 6.54. The average molecular weight is 263 g/mol. The van der Waals surface area contributed by atoms with E-state index >= 15 is 0 Å². The number of aromatic nitrogens is 1. The van der Waals surface area contributed by atoms with E-state index in [1.54, 1.807) is 0 Å². The summed E-state index contributed by atoms with van der Waals surface area (Å²) in [6.07, 6.45) is 5.41. The van der Waals surface area contributed by atoms with Crippen molar-refractivity contribution in [3.63, 3.8) is 0 Å². The van der Waals surface area contributed by atoms with Crippen molar-refractivity contribution in [1.82, 2.24) is 9.88 Å². The molecule has 1 saturated heterocycles. The molecule has 0 radical (unpaired) electrons. The van der Waals surface area contributed by atoms with Crippen LogP contribution in [0, 0.1) is 5.92 Å². The van der Waals surface area contributed by atoms with Crippen LogP contribution in [0.1, 0.15) is 31.7 Å². The van der Waals surface area contributed by atoms with Crippen LogP contribution in [-0.4, -0.2) is 41.2 Å². The zero-order chi connectivity index (χ0) is 13.5. The molecule has 4 nitrogen and oxygen atoms in total. The van der Waals surface area contributed by atoms with Crippen molar-refractivity contribution in [3.05, 3.63) is 23.9 Å². The first-order valence-corrected chi connectivity index (χ1v) is 7.34. The topological polar surface area (TPSA) is 48.4 Å². The summed E-state index contributed by atoms with van der Waals surface area (Å²) in [7, 11) is 0. The van der Waals surface area contributed by atoms with Crippen LogP contribution in [0.25, 0.3) is 0 Å². The number of hydrogen-bond donors (Lipinski definition) is 2. The number of hydrogen-bond acceptors (Lipinski definition) is 4. The molecule has 1 aliphatic heterocycles. The molecule has 1 fully saturated rings. The van der Waals surface area contributed by atoms with Crippen LogP contribution < -0.4 is 5.32 Å². The Morgan fingerprint density at radius 3 is 3.05 bits per heavy atom. The summed E-state index contributed by atoms with van der Waals surface area (Å²) >= 11 is 0. The summed E-state index contributed by atoms with van der Waals surface area (Å²) in [5, 5.41) is 12.2. The van der Waals surface area contributed by atoms with Gasteiger partial charge in [-0.1, -0.05) is 6.07 Å². The third-order valence-electron chi connectivity index (χ3n) is 3.73. The summed E-state index contributed by atoms with van der Waals surface area (Å²) in [5.41, 5.74) is 1.27. The zero-order valence-corrected chi connectivity index (χ0v) is 11.8. The Morgan fingerprint density at radius 1 is 1.47 bits per heavy atom. The second-order valence-corrected chi connectivity index (χ2v) is 5.34. The SMILES string of the molecule is CCNc1ccc(CN2CCCC(CCO)C2)cn1. The quantitative estimate of drug-likeness (QED) is 0.825. The second-order valence-electron chi connectivity index (χ2n) is 5.34. The Balaban J connectivity index is 1.85. The van der Waals surface area contributed by atoms with Crippen molar-refractivity contribution < 1.29 is 5.11 Å². The molecule has 1 aromatic rings. The Morgan fingerprint density at radius 2 is 2.37 bits per heavy atom. The number of rotatable bonds is 6. The van der Waals surface area contributed by atoms with Crippen molar-refractivity contribution in [1.29, 1.82) is 0 Å². The minimum Gasteiger partial charge on any atom is -0.396 e. The Labute approximate surface area is 115 Å². The Bertz CT molecular complexity index is 364. The third kappa shape index (κ3) is 4.48. The molecule has 19 heavy (non-hydrogen) atoms. The van der Waals surface area contributed by atoms with Gasteiger partial charge < -0.3 is 10.4 Å². The fraction of sp³-hybridized carbons (Fsp3) is 0.667. The minimum absolute atomic E-state index is 0.317. The van der Waals surface area contributed by atoms with Crippen LogP contribution in [0.4, 0.5) is 5.82 Å². The number of nitrogens with zero attached hydrogens (tertiary/aromatic N) is 2. The van der Waals surface area contributed by atoms with Crippen LogP contribution in [-0.2, 0) is 6.54 Å². The van der Waals surface area contributed by atoms with Crippen LogP contribution in [0.5, 0.6) is 0 Å². The van der Waals surface area contributed by atoms with Crippen LogP contribution in [0.15, 0.2) is 18.3 Å². The summed E-state index contributed by atoms with van der Waals surface area (Å²) in [6, 6.07) is 4.20. The maximum atomic E-state index is 9.04. The molecule has 0 bridgehead atoms. The number of aliphatic hydroxyl groups excluding tert-OH is 1. The van der Waals surface area contributed by atoms with Gasteiger partial charge in [0, 0.05) is 32.4 Å². The smallest absolute Gasteiger partial charge is 0.125 e. The standard InChI is InChI=1S/C15H25N3O/c1-2-16-15-6-5-14(10-17-15)12-18-8-3-4-13(11-18)7-9-19/h5-6,10,13,19H,2-4,7-9,11-12H2,1H3,(H,16,17). The monoisotopic (exact) mass is 263 g/mol. The highest BCUT2D eigenvalue weighted by Gasteiger charge is 2.19. The molecule has 0 spiro atoms. The maximum Gasteiger partial charge on any atom is 0.125 e. The lowest BCUT2D eigenvalue weighted by Crippen LogP contribution is -2.35. The Hall–Kier alpha value is -1.13. The van der Waals surface area contributed by atoms with Gasteiger partial charge in [-0.25, -0.2) is 4.98 Å². The van der Waals surface area contributed by atoms with Gasteiger partial charge in [0.15, 0.2) is 0 Å². The van der Waals surface area contributed by atoms with Crippen molar-refractivity contribution in [2.75, 3.05) is 31.6 Å². The van der Waals surface area contributed by atoms with Gasteiger partial charge in [0.1, 0.15) is 5.82 Å². The molecule has 0 aliphatic carbocycles. The van der Waals surface area contributed by atoms with Gasteiger partial charge in [-0.15, -0.1) is 0 Å². The average Bonchev–Trinajstić information content (AvgIpc) is 2.42. The number of pyridine rings is 1. The van der Waals surface area contributed by atoms with Gasteiger partial charge in [0.2, 0.25) is 0 Å². The highest BCUT2D eigenvalue weighted by molar-refractivity contribution is 5.35. The maximum absolute atomic E-state index is 9.04. The van der Waals surface area contributed by atoms with E-state index in [1.807, 2.05) is 12.3 Å². The third-order valence-corrected chi connectivity index (χ3v) is 3.73. The lowest BCUT2D eigenvalue weighted by molar-refractivity contribution is 0.142. The van der Waals surface area contributed by atoms with Crippen LogP contribution in [0.3, 0.4) is 0 Å². The minimum atomic E-state index is 0.317. The number of aliphatic hydroxyl groups is 1. The van der Waals surface area contributed by atoms with E-state index in [-0.39, 0.29) is 0 Å². The van der Waals surface area contributed by atoms with Crippen LogP contribution >= 0.6 is 0 Å². The summed E-state index contributed by atoms with van der Waals surface area (Å²) in [5.74, 6) is 1.61. The van der Waals surface area contributed by atoms with E-state index < -0.39 is 0 Å². The largest absolute Gasteiger partial charge is 0.396 e. The molecule has 0 saturated carbocycles. The molecule has 1 atom stereocenters. The summed E-state index contributed by atoms with van der Waals surface area (Å²) in [4.78, 5) is 6.89. The van der Waals surface area contributed by atoms with Gasteiger partial charge in [-0.05, 0) is 50.3 Å².